The maximum absolute atomic E-state index is 12.8. The van der Waals surface area contributed by atoms with Crippen molar-refractivity contribution in [3.05, 3.63) is 239 Å². The van der Waals surface area contributed by atoms with E-state index in [0.717, 1.165) is 52.2 Å². The lowest BCUT2D eigenvalue weighted by molar-refractivity contribution is -0.144. The fraction of sp³-hybridized carbons (Fsp3) is 0.209. The molecule has 2 aliphatic heterocycles. The molecule has 10 heterocycles. The van der Waals surface area contributed by atoms with E-state index in [-0.39, 0.29) is 60.7 Å². The number of alkyl halides is 1. The smallest absolute Gasteiger partial charge is 0.326 e. The Morgan fingerprint density at radius 3 is 1.18 bits per heavy atom. The van der Waals surface area contributed by atoms with Crippen molar-refractivity contribution in [2.24, 2.45) is 0 Å². The third-order valence-corrected chi connectivity index (χ3v) is 16.0. The molecule has 24 nitrogen and oxygen atoms in total. The van der Waals surface area contributed by atoms with Crippen molar-refractivity contribution in [2.45, 2.75) is 46.3 Å². The number of esters is 2. The van der Waals surface area contributed by atoms with E-state index >= 15 is 0 Å². The van der Waals surface area contributed by atoms with Crippen molar-refractivity contribution >= 4 is 143 Å². The molecular weight excluding hydrogens is 1420 g/mol. The molecule has 2 aliphatic rings. The van der Waals surface area contributed by atoms with Gasteiger partial charge in [-0.05, 0) is 167 Å². The highest BCUT2D eigenvalue weighted by Gasteiger charge is 2.22. The molecule has 30 heteroatoms. The van der Waals surface area contributed by atoms with Gasteiger partial charge in [-0.1, -0.05) is 62.3 Å². The van der Waals surface area contributed by atoms with Gasteiger partial charge in [0, 0.05) is 92.3 Å². The van der Waals surface area contributed by atoms with Crippen LogP contribution in [0.3, 0.4) is 0 Å². The second-order valence-corrected chi connectivity index (χ2v) is 23.3. The number of nitrogens with zero attached hydrogens (tertiary/aromatic N) is 11. The van der Waals surface area contributed by atoms with Gasteiger partial charge in [-0.3, -0.25) is 52.1 Å². The SMILES string of the molecule is C1CNC1.CCOC(=O)CBr.CCOC(=O)Cn1cnc2ccn(-c3ccc(Cl)cc3)c2c1=O.Cl.O=C(Cn1cnc2ccn(-c3ccc(Cl)cc3)c2c1=O)N1CCC1.O=C(O)Cn1cnc2ccn(-c3ccc(Cl)cc3)c2c1=O.O=c1[nH]ccc2ccn(-c3ccc(Cl)cc3)c12. The summed E-state index contributed by atoms with van der Waals surface area (Å²) >= 11 is 26.5. The van der Waals surface area contributed by atoms with Gasteiger partial charge in [0.1, 0.15) is 47.0 Å². The highest BCUT2D eigenvalue weighted by Crippen LogP contribution is 2.23. The van der Waals surface area contributed by atoms with E-state index < -0.39 is 24.0 Å². The summed E-state index contributed by atoms with van der Waals surface area (Å²) in [4.78, 5) is 111. The number of carbonyl (C=O) groups is 4. The molecule has 504 valence electrons. The Kier molecular flexibility index (Phi) is 26.3. The van der Waals surface area contributed by atoms with Crippen LogP contribution in [0.4, 0.5) is 0 Å². The molecule has 12 aromatic rings. The fourth-order valence-corrected chi connectivity index (χ4v) is 10.2. The number of amides is 1. The van der Waals surface area contributed by atoms with Crippen LogP contribution in [0, 0.1) is 0 Å². The van der Waals surface area contributed by atoms with Crippen LogP contribution in [0.1, 0.15) is 26.7 Å². The number of halogens is 6. The zero-order chi connectivity index (χ0) is 68.4. The lowest BCUT2D eigenvalue weighted by Gasteiger charge is -2.30. The molecule has 4 aromatic carbocycles. The first-order valence-corrected chi connectivity index (χ1v) is 32.5. The standard InChI is InChI=1S/C17H15ClN4O2.C16H14ClN3O3.C14H10ClN3O3.C13H9ClN2O.C4H7BrO2.C3H7N.ClH/c18-12-2-4-13(5-3-12)22-9-6-14-16(22)17(24)21(11-19-14)10-15(23)20-7-1-8-20;1-2-23-14(21)9-19-10-18-13-7-8-20(15(13)16(19)22)12-5-3-11(17)4-6-12;15-9-1-3-10(4-2-9)18-6-5-11-13(18)14(21)17(8-16-11)7-12(19)20;14-10-1-3-11(4-2-10)16-8-6-9-5-7-15-13(17)12(9)16;1-2-7-4(6)3-5;1-2-4-3-1;/h2-6,9,11H,1,7-8,10H2;3-8,10H,2,9H2,1H3;1-6,8H,7H2,(H,19,20);1-8H,(H,15,17);2-3H2,1H3;4H,1-3H2;1H. The number of ether oxygens (including phenoxy) is 2. The van der Waals surface area contributed by atoms with E-state index in [9.17, 15) is 38.4 Å². The summed E-state index contributed by atoms with van der Waals surface area (Å²) in [6.07, 6.45) is 15.2. The number of carbonyl (C=O) groups excluding carboxylic acids is 3. The van der Waals surface area contributed by atoms with Crippen LogP contribution in [-0.4, -0.2) is 130 Å². The maximum atomic E-state index is 12.8. The summed E-state index contributed by atoms with van der Waals surface area (Å²) < 4.78 is 20.1. The van der Waals surface area contributed by atoms with Crippen molar-refractivity contribution in [3.63, 3.8) is 0 Å². The van der Waals surface area contributed by atoms with Crippen molar-refractivity contribution in [1.82, 2.24) is 62.1 Å². The van der Waals surface area contributed by atoms with E-state index in [0.29, 0.717) is 70.6 Å². The summed E-state index contributed by atoms with van der Waals surface area (Å²) in [5.41, 5.74) is 5.76. The third kappa shape index (κ3) is 18.7. The first kappa shape index (κ1) is 73.2. The summed E-state index contributed by atoms with van der Waals surface area (Å²) in [6, 6.07) is 37.7. The van der Waals surface area contributed by atoms with Gasteiger partial charge in [0.2, 0.25) is 5.91 Å². The molecule has 0 unspecified atom stereocenters. The van der Waals surface area contributed by atoms with Crippen molar-refractivity contribution in [1.29, 1.82) is 0 Å². The minimum Gasteiger partial charge on any atom is -0.480 e. The van der Waals surface area contributed by atoms with Gasteiger partial charge in [-0.15, -0.1) is 12.4 Å². The lowest BCUT2D eigenvalue weighted by atomic mass is 10.2. The second kappa shape index (κ2) is 34.9. The summed E-state index contributed by atoms with van der Waals surface area (Å²) in [6.45, 7) is 7.70. The zero-order valence-electron chi connectivity index (χ0n) is 52.0. The minimum absolute atomic E-state index is 0. The molecule has 0 atom stereocenters. The predicted octanol–water partition coefficient (Wildman–Crippen LogP) is 10.7. The average molecular weight is 1480 g/mol. The number of likely N-dealkylation sites (tertiary alicyclic amines) is 1. The monoisotopic (exact) mass is 1480 g/mol. The van der Waals surface area contributed by atoms with Gasteiger partial charge in [0.25, 0.3) is 22.2 Å². The molecule has 2 fully saturated rings. The fourth-order valence-electron chi connectivity index (χ4n) is 9.56. The Balaban J connectivity index is 0.000000157. The van der Waals surface area contributed by atoms with E-state index in [1.54, 1.807) is 136 Å². The molecule has 14 rings (SSSR count). The number of aliphatic carboxylic acids is 1. The lowest BCUT2D eigenvalue weighted by Crippen LogP contribution is -2.44. The molecule has 2 saturated heterocycles. The maximum Gasteiger partial charge on any atom is 0.326 e. The number of pyridine rings is 1. The molecule has 0 radical (unpaired) electrons. The molecule has 3 N–H and O–H groups in total. The second-order valence-electron chi connectivity index (χ2n) is 21.0. The number of H-pyrrole nitrogens is 1. The van der Waals surface area contributed by atoms with Gasteiger partial charge >= 0.3 is 17.9 Å². The predicted molar refractivity (Wildman–Crippen MR) is 381 cm³/mol. The Morgan fingerprint density at radius 1 is 0.495 bits per heavy atom. The number of nitrogens with one attached hydrogen (secondary N) is 2. The van der Waals surface area contributed by atoms with Crippen molar-refractivity contribution in [2.75, 3.05) is 44.7 Å². The number of aromatic amines is 1. The third-order valence-electron chi connectivity index (χ3n) is 14.6. The first-order chi connectivity index (χ1) is 46.3. The first-order valence-electron chi connectivity index (χ1n) is 29.9. The summed E-state index contributed by atoms with van der Waals surface area (Å²) in [5, 5.41) is 15.7. The van der Waals surface area contributed by atoms with Gasteiger partial charge in [-0.2, -0.15) is 0 Å². The number of carboxylic acid groups (broad SMARTS) is 1. The highest BCUT2D eigenvalue weighted by molar-refractivity contribution is 9.09. The quantitative estimate of drug-likeness (QED) is 0.0715. The number of fused-ring (bicyclic) bond motifs is 4. The molecule has 8 aromatic heterocycles. The Morgan fingerprint density at radius 2 is 0.845 bits per heavy atom. The molecular formula is C67H63BrCl5N13O11. The van der Waals surface area contributed by atoms with Crippen molar-refractivity contribution < 1.29 is 33.8 Å². The van der Waals surface area contributed by atoms with Crippen LogP contribution in [0.15, 0.2) is 197 Å². The van der Waals surface area contributed by atoms with E-state index in [2.05, 4.69) is 45.9 Å². The minimum atomic E-state index is -1.09. The van der Waals surface area contributed by atoms with Gasteiger partial charge in [0.15, 0.2) is 0 Å². The van der Waals surface area contributed by atoms with Gasteiger partial charge in [0.05, 0.1) is 48.7 Å². The topological polar surface area (TPSA) is 279 Å². The highest BCUT2D eigenvalue weighted by atomic mass is 79.9. The number of aromatic nitrogens is 11. The summed E-state index contributed by atoms with van der Waals surface area (Å²) in [5.74, 6) is -1.82. The zero-order valence-corrected chi connectivity index (χ0v) is 57.4. The van der Waals surface area contributed by atoms with Crippen LogP contribution in [0.2, 0.25) is 20.1 Å². The van der Waals surface area contributed by atoms with Crippen LogP contribution in [-0.2, 0) is 48.3 Å². The van der Waals surface area contributed by atoms with Crippen LogP contribution >= 0.6 is 74.7 Å². The van der Waals surface area contributed by atoms with Crippen molar-refractivity contribution in [3.8, 4) is 22.7 Å². The van der Waals surface area contributed by atoms with Crippen LogP contribution < -0.4 is 27.6 Å². The average Bonchev–Trinajstić information content (AvgIpc) is 1.86. The Hall–Kier alpha value is -9.60. The normalized spacial score (nSPS) is 11.9. The molecule has 1 amide bonds. The molecule has 97 heavy (non-hydrogen) atoms. The van der Waals surface area contributed by atoms with E-state index in [1.807, 2.05) is 59.3 Å². The Labute approximate surface area is 587 Å². The number of rotatable bonds is 13. The Bertz CT molecular complexity index is 4940. The van der Waals surface area contributed by atoms with Gasteiger partial charge < -0.3 is 48.0 Å². The van der Waals surface area contributed by atoms with Gasteiger partial charge in [-0.25, -0.2) is 15.0 Å². The van der Waals surface area contributed by atoms with Crippen LogP contribution in [0.5, 0.6) is 0 Å². The molecule has 0 saturated carbocycles. The molecule has 0 spiro atoms. The molecule has 0 bridgehead atoms. The van der Waals surface area contributed by atoms with E-state index in [4.69, 9.17) is 56.2 Å². The number of hydrogen-bond acceptors (Lipinski definition) is 14. The summed E-state index contributed by atoms with van der Waals surface area (Å²) in [7, 11) is 0. The molecule has 0 aliphatic carbocycles. The van der Waals surface area contributed by atoms with E-state index in [1.165, 1.54) is 47.6 Å². The largest absolute Gasteiger partial charge is 0.480 e. The number of carboxylic acids is 1. The number of hydrogen-bond donors (Lipinski definition) is 3. The van der Waals surface area contributed by atoms with Crippen LogP contribution in [0.25, 0.3) is 66.8 Å². The number of benzene rings is 4.